The van der Waals surface area contributed by atoms with E-state index in [0.717, 1.165) is 27.8 Å². The molecule has 136 valence electrons. The molecule has 1 aromatic heterocycles. The zero-order valence-corrected chi connectivity index (χ0v) is 15.3. The van der Waals surface area contributed by atoms with Gasteiger partial charge in [0.15, 0.2) is 11.5 Å². The van der Waals surface area contributed by atoms with Crippen LogP contribution in [0.4, 0.5) is 0 Å². The fourth-order valence-corrected chi connectivity index (χ4v) is 3.11. The minimum absolute atomic E-state index is 0.540. The topological polar surface area (TPSA) is 58.4 Å². The molecule has 4 aromatic rings. The Balaban J connectivity index is 1.89. The molecule has 1 heterocycles. The van der Waals surface area contributed by atoms with Gasteiger partial charge in [0.25, 0.3) is 0 Å². The van der Waals surface area contributed by atoms with Crippen molar-refractivity contribution in [3.05, 3.63) is 60.7 Å². The van der Waals surface area contributed by atoms with Gasteiger partial charge >= 0.3 is 0 Å². The lowest BCUT2D eigenvalue weighted by molar-refractivity contribution is 0.324. The van der Waals surface area contributed by atoms with Gasteiger partial charge in [-0.3, -0.25) is 0 Å². The fourth-order valence-electron chi connectivity index (χ4n) is 3.11. The van der Waals surface area contributed by atoms with E-state index in [-0.39, 0.29) is 0 Å². The van der Waals surface area contributed by atoms with Crippen molar-refractivity contribution in [3.63, 3.8) is 0 Å². The molecule has 0 saturated heterocycles. The fraction of sp³-hybridized carbons (Fsp3) is 0.143. The number of fused-ring (bicyclic) bond motifs is 1. The summed E-state index contributed by atoms with van der Waals surface area (Å²) in [5.74, 6) is 1.67. The van der Waals surface area contributed by atoms with Crippen LogP contribution in [0.5, 0.6) is 17.2 Å². The van der Waals surface area contributed by atoms with Crippen LogP contribution in [0.15, 0.2) is 60.7 Å². The van der Waals surface area contributed by atoms with Crippen LogP contribution >= 0.6 is 0 Å². The summed E-state index contributed by atoms with van der Waals surface area (Å²) < 4.78 is 18.1. The third-order valence-corrected chi connectivity index (χ3v) is 4.45. The zero-order valence-electron chi connectivity index (χ0n) is 15.3. The maximum atomic E-state index is 5.46. The first-order valence-electron chi connectivity index (χ1n) is 8.46. The molecule has 3 aromatic carbocycles. The normalized spacial score (nSPS) is 10.8. The molecule has 0 aliphatic carbocycles. The van der Waals surface area contributed by atoms with Crippen LogP contribution in [0.1, 0.15) is 0 Å². The van der Waals surface area contributed by atoms with E-state index in [1.165, 1.54) is 0 Å². The van der Waals surface area contributed by atoms with Gasteiger partial charge in [0, 0.05) is 12.1 Å². The Morgan fingerprint density at radius 1 is 0.741 bits per heavy atom. The summed E-state index contributed by atoms with van der Waals surface area (Å²) >= 11 is 0. The van der Waals surface area contributed by atoms with Gasteiger partial charge in [0.1, 0.15) is 5.52 Å². The predicted molar refractivity (Wildman–Crippen MR) is 104 cm³/mol. The van der Waals surface area contributed by atoms with E-state index in [2.05, 4.69) is 28.5 Å². The van der Waals surface area contributed by atoms with Crippen LogP contribution in [-0.4, -0.2) is 36.3 Å². The van der Waals surface area contributed by atoms with Crippen molar-refractivity contribution in [2.24, 2.45) is 0 Å². The van der Waals surface area contributed by atoms with Crippen LogP contribution in [-0.2, 0) is 0 Å². The molecule has 0 amide bonds. The Bertz CT molecular complexity index is 1070. The molecule has 27 heavy (non-hydrogen) atoms. The summed E-state index contributed by atoms with van der Waals surface area (Å²) in [6.45, 7) is 0. The SMILES string of the molecule is COc1cc(-n2nnc3ccc(-c4ccccc4)cc32)cc(OC)c1OC. The molecule has 0 saturated carbocycles. The maximum Gasteiger partial charge on any atom is 0.203 e. The van der Waals surface area contributed by atoms with Crippen molar-refractivity contribution in [3.8, 4) is 34.1 Å². The molecule has 0 atom stereocenters. The van der Waals surface area contributed by atoms with Crippen molar-refractivity contribution in [1.29, 1.82) is 0 Å². The highest BCUT2D eigenvalue weighted by atomic mass is 16.5. The Kier molecular flexibility index (Phi) is 4.38. The number of methoxy groups -OCH3 is 3. The van der Waals surface area contributed by atoms with E-state index in [9.17, 15) is 0 Å². The maximum absolute atomic E-state index is 5.46. The zero-order chi connectivity index (χ0) is 18.8. The van der Waals surface area contributed by atoms with Crippen LogP contribution in [0.3, 0.4) is 0 Å². The van der Waals surface area contributed by atoms with Crippen LogP contribution in [0.25, 0.3) is 27.8 Å². The van der Waals surface area contributed by atoms with Crippen molar-refractivity contribution in [1.82, 2.24) is 15.0 Å². The Morgan fingerprint density at radius 3 is 2.07 bits per heavy atom. The minimum atomic E-state index is 0.540. The third-order valence-electron chi connectivity index (χ3n) is 4.45. The van der Waals surface area contributed by atoms with E-state index < -0.39 is 0 Å². The summed E-state index contributed by atoms with van der Waals surface area (Å²) in [6, 6.07) is 20.0. The lowest BCUT2D eigenvalue weighted by Gasteiger charge is -2.14. The largest absolute Gasteiger partial charge is 0.493 e. The molecule has 0 radical (unpaired) electrons. The van der Waals surface area contributed by atoms with Crippen LogP contribution < -0.4 is 14.2 Å². The van der Waals surface area contributed by atoms with Crippen molar-refractivity contribution >= 4 is 11.0 Å². The second-order valence-electron chi connectivity index (χ2n) is 5.95. The smallest absolute Gasteiger partial charge is 0.203 e. The molecule has 6 nitrogen and oxygen atoms in total. The van der Waals surface area contributed by atoms with E-state index in [1.807, 2.05) is 42.5 Å². The van der Waals surface area contributed by atoms with Gasteiger partial charge in [-0.25, -0.2) is 4.68 Å². The molecule has 4 rings (SSSR count). The second kappa shape index (κ2) is 6.99. The van der Waals surface area contributed by atoms with Crippen molar-refractivity contribution in [2.45, 2.75) is 0 Å². The summed E-state index contributed by atoms with van der Waals surface area (Å²) in [5.41, 5.74) is 4.71. The average Bonchev–Trinajstić information content (AvgIpc) is 3.16. The van der Waals surface area contributed by atoms with Gasteiger partial charge < -0.3 is 14.2 Å². The Hall–Kier alpha value is -3.54. The Labute approximate surface area is 156 Å². The van der Waals surface area contributed by atoms with Gasteiger partial charge in [-0.15, -0.1) is 5.10 Å². The molecule has 0 spiro atoms. The van der Waals surface area contributed by atoms with Gasteiger partial charge in [-0.1, -0.05) is 41.6 Å². The first kappa shape index (κ1) is 16.9. The summed E-state index contributed by atoms with van der Waals surface area (Å²) in [4.78, 5) is 0. The molecule has 6 heteroatoms. The first-order valence-corrected chi connectivity index (χ1v) is 8.46. The monoisotopic (exact) mass is 361 g/mol. The van der Waals surface area contributed by atoms with Crippen molar-refractivity contribution in [2.75, 3.05) is 21.3 Å². The quantitative estimate of drug-likeness (QED) is 0.535. The van der Waals surface area contributed by atoms with E-state index in [4.69, 9.17) is 14.2 Å². The summed E-state index contributed by atoms with van der Waals surface area (Å²) in [6.07, 6.45) is 0. The summed E-state index contributed by atoms with van der Waals surface area (Å²) in [5, 5.41) is 8.60. The average molecular weight is 361 g/mol. The number of rotatable bonds is 5. The minimum Gasteiger partial charge on any atom is -0.493 e. The number of ether oxygens (including phenoxy) is 3. The highest BCUT2D eigenvalue weighted by Crippen LogP contribution is 2.39. The number of aromatic nitrogens is 3. The van der Waals surface area contributed by atoms with Crippen LogP contribution in [0, 0.1) is 0 Å². The molecular formula is C21H19N3O3. The predicted octanol–water partition coefficient (Wildman–Crippen LogP) is 4.11. The number of hydrogen-bond donors (Lipinski definition) is 0. The highest BCUT2D eigenvalue weighted by Gasteiger charge is 2.16. The Morgan fingerprint density at radius 2 is 1.44 bits per heavy atom. The summed E-state index contributed by atoms with van der Waals surface area (Å²) in [7, 11) is 4.76. The molecule has 0 bridgehead atoms. The molecule has 0 aliphatic rings. The van der Waals surface area contributed by atoms with Crippen LogP contribution in [0.2, 0.25) is 0 Å². The van der Waals surface area contributed by atoms with Crippen molar-refractivity contribution < 1.29 is 14.2 Å². The van der Waals surface area contributed by atoms with Gasteiger partial charge in [-0.2, -0.15) is 0 Å². The lowest BCUT2D eigenvalue weighted by atomic mass is 10.1. The number of benzene rings is 3. The van der Waals surface area contributed by atoms with Gasteiger partial charge in [0.05, 0.1) is 32.5 Å². The molecular weight excluding hydrogens is 342 g/mol. The number of hydrogen-bond acceptors (Lipinski definition) is 5. The molecule has 0 unspecified atom stereocenters. The molecule has 0 aliphatic heterocycles. The number of nitrogens with zero attached hydrogens (tertiary/aromatic N) is 3. The van der Waals surface area contributed by atoms with Gasteiger partial charge in [0.2, 0.25) is 5.75 Å². The molecule has 0 fully saturated rings. The van der Waals surface area contributed by atoms with Gasteiger partial charge in [-0.05, 0) is 23.3 Å². The standard InChI is InChI=1S/C21H19N3O3/c1-25-19-12-16(13-20(26-2)21(19)27-3)24-18-11-15(9-10-17(18)22-23-24)14-7-5-4-6-8-14/h4-13H,1-3H3. The highest BCUT2D eigenvalue weighted by molar-refractivity contribution is 5.83. The van der Waals surface area contributed by atoms with E-state index in [0.29, 0.717) is 17.2 Å². The lowest BCUT2D eigenvalue weighted by Crippen LogP contribution is -2.01. The van der Waals surface area contributed by atoms with E-state index in [1.54, 1.807) is 26.0 Å². The first-order chi connectivity index (χ1) is 13.2. The second-order valence-corrected chi connectivity index (χ2v) is 5.95. The van der Waals surface area contributed by atoms with E-state index >= 15 is 0 Å². The molecule has 0 N–H and O–H groups in total. The third kappa shape index (κ3) is 2.95.